The molecule has 6 nitrogen and oxygen atoms in total. The van der Waals surface area contributed by atoms with E-state index in [4.69, 9.17) is 17.0 Å². The molecule has 0 atom stereocenters. The molecule has 0 unspecified atom stereocenters. The fourth-order valence-electron chi connectivity index (χ4n) is 1.95. The zero-order valence-corrected chi connectivity index (χ0v) is 16.2. The standard InChI is InChI=1S/C14H17BrN4O2S2/c1-8-9(2)23-12(11(8)13(20)21-3)18-14(22)16-4-5-19-7-10(15)6-17-19/h6-7H,4-5H2,1-3H3,(H2,16,18,22). The van der Waals surface area contributed by atoms with Gasteiger partial charge in [0.05, 0.1) is 29.9 Å². The highest BCUT2D eigenvalue weighted by atomic mass is 79.9. The van der Waals surface area contributed by atoms with Gasteiger partial charge in [-0.2, -0.15) is 5.10 Å². The fourth-order valence-corrected chi connectivity index (χ4v) is 3.60. The van der Waals surface area contributed by atoms with E-state index in [1.165, 1.54) is 18.4 Å². The maximum absolute atomic E-state index is 11.9. The molecule has 0 aliphatic rings. The van der Waals surface area contributed by atoms with Crippen molar-refractivity contribution < 1.29 is 9.53 Å². The van der Waals surface area contributed by atoms with Crippen LogP contribution in [0.2, 0.25) is 0 Å². The van der Waals surface area contributed by atoms with Crippen LogP contribution in [0.5, 0.6) is 0 Å². The van der Waals surface area contributed by atoms with Crippen LogP contribution in [0.4, 0.5) is 5.00 Å². The first kappa shape index (κ1) is 17.9. The maximum atomic E-state index is 11.9. The number of anilines is 1. The molecule has 0 bridgehead atoms. The van der Waals surface area contributed by atoms with Gasteiger partial charge in [-0.3, -0.25) is 4.68 Å². The van der Waals surface area contributed by atoms with Gasteiger partial charge in [0.25, 0.3) is 0 Å². The third-order valence-corrected chi connectivity index (χ3v) is 5.01. The molecule has 124 valence electrons. The van der Waals surface area contributed by atoms with Crippen molar-refractivity contribution in [2.75, 3.05) is 19.0 Å². The summed E-state index contributed by atoms with van der Waals surface area (Å²) in [7, 11) is 1.37. The Balaban J connectivity index is 1.95. The molecule has 0 saturated heterocycles. The number of nitrogens with zero attached hydrogens (tertiary/aromatic N) is 2. The molecule has 2 aromatic heterocycles. The lowest BCUT2D eigenvalue weighted by molar-refractivity contribution is 0.0601. The van der Waals surface area contributed by atoms with E-state index in [-0.39, 0.29) is 5.97 Å². The molecule has 9 heteroatoms. The summed E-state index contributed by atoms with van der Waals surface area (Å²) in [6.07, 6.45) is 3.62. The van der Waals surface area contributed by atoms with Crippen molar-refractivity contribution in [2.45, 2.75) is 20.4 Å². The Bertz CT molecular complexity index is 726. The molecule has 2 aromatic rings. The van der Waals surface area contributed by atoms with E-state index >= 15 is 0 Å². The van der Waals surface area contributed by atoms with Crippen molar-refractivity contribution in [1.29, 1.82) is 0 Å². The number of esters is 1. The number of ether oxygens (including phenoxy) is 1. The topological polar surface area (TPSA) is 68.2 Å². The van der Waals surface area contributed by atoms with Crippen LogP contribution in [0.15, 0.2) is 16.9 Å². The molecule has 2 heterocycles. The number of hydrogen-bond acceptors (Lipinski definition) is 5. The summed E-state index contributed by atoms with van der Waals surface area (Å²) < 4.78 is 7.58. The zero-order chi connectivity index (χ0) is 17.0. The second-order valence-electron chi connectivity index (χ2n) is 4.78. The number of thiophene rings is 1. The minimum atomic E-state index is -0.362. The van der Waals surface area contributed by atoms with Crippen molar-refractivity contribution >= 4 is 55.6 Å². The lowest BCUT2D eigenvalue weighted by Gasteiger charge is -2.10. The van der Waals surface area contributed by atoms with Crippen molar-refractivity contribution in [1.82, 2.24) is 15.1 Å². The highest BCUT2D eigenvalue weighted by Crippen LogP contribution is 2.32. The minimum absolute atomic E-state index is 0.362. The second-order valence-corrected chi connectivity index (χ2v) is 7.33. The van der Waals surface area contributed by atoms with E-state index in [1.807, 2.05) is 20.0 Å². The number of carbonyl (C=O) groups excluding carboxylic acids is 1. The van der Waals surface area contributed by atoms with E-state index in [0.717, 1.165) is 14.9 Å². The van der Waals surface area contributed by atoms with Crippen LogP contribution < -0.4 is 10.6 Å². The molecule has 2 rings (SSSR count). The minimum Gasteiger partial charge on any atom is -0.465 e. The quantitative estimate of drug-likeness (QED) is 0.576. The molecule has 2 N–H and O–H groups in total. The van der Waals surface area contributed by atoms with Crippen molar-refractivity contribution in [3.05, 3.63) is 32.9 Å². The van der Waals surface area contributed by atoms with Crippen LogP contribution in [0.3, 0.4) is 0 Å². The normalized spacial score (nSPS) is 10.4. The summed E-state index contributed by atoms with van der Waals surface area (Å²) in [5, 5.41) is 11.5. The van der Waals surface area contributed by atoms with Crippen molar-refractivity contribution in [3.63, 3.8) is 0 Å². The van der Waals surface area contributed by atoms with E-state index in [0.29, 0.717) is 28.8 Å². The Hall–Kier alpha value is -1.45. The van der Waals surface area contributed by atoms with Gasteiger partial charge < -0.3 is 15.4 Å². The van der Waals surface area contributed by atoms with Gasteiger partial charge in [-0.25, -0.2) is 4.79 Å². The third kappa shape index (κ3) is 4.52. The summed E-state index contributed by atoms with van der Waals surface area (Å²) in [6.45, 7) is 5.16. The molecule has 0 aliphatic carbocycles. The second kappa shape index (κ2) is 7.89. The molecule has 0 aliphatic heterocycles. The smallest absolute Gasteiger partial charge is 0.341 e. The van der Waals surface area contributed by atoms with E-state index in [9.17, 15) is 4.79 Å². The Morgan fingerprint density at radius 3 is 2.87 bits per heavy atom. The first-order chi connectivity index (χ1) is 10.9. The fraction of sp³-hybridized carbons (Fsp3) is 0.357. The van der Waals surface area contributed by atoms with Crippen LogP contribution in [0, 0.1) is 13.8 Å². The van der Waals surface area contributed by atoms with Gasteiger partial charge in [0, 0.05) is 17.6 Å². The number of aromatic nitrogens is 2. The van der Waals surface area contributed by atoms with Gasteiger partial charge in [0.15, 0.2) is 5.11 Å². The molecule has 0 amide bonds. The zero-order valence-electron chi connectivity index (χ0n) is 13.0. The Morgan fingerprint density at radius 1 is 1.52 bits per heavy atom. The number of halogens is 1. The number of carbonyl (C=O) groups is 1. The Kier molecular flexibility index (Phi) is 6.14. The van der Waals surface area contributed by atoms with E-state index in [2.05, 4.69) is 31.7 Å². The van der Waals surface area contributed by atoms with Gasteiger partial charge in [0.2, 0.25) is 0 Å². The molecule has 0 fully saturated rings. The van der Waals surface area contributed by atoms with Crippen LogP contribution in [0.25, 0.3) is 0 Å². The summed E-state index contributed by atoms with van der Waals surface area (Å²) in [5.41, 5.74) is 1.45. The predicted octanol–water partition coefficient (Wildman–Crippen LogP) is 3.10. The Labute approximate surface area is 152 Å². The molecular formula is C14H17BrN4O2S2. The lowest BCUT2D eigenvalue weighted by atomic mass is 10.1. The van der Waals surface area contributed by atoms with Crippen LogP contribution in [0.1, 0.15) is 20.8 Å². The SMILES string of the molecule is COC(=O)c1c(NC(=S)NCCn2cc(Br)cn2)sc(C)c1C. The third-order valence-electron chi connectivity index (χ3n) is 3.23. The molecule has 0 radical (unpaired) electrons. The van der Waals surface area contributed by atoms with Gasteiger partial charge in [0.1, 0.15) is 5.00 Å². The van der Waals surface area contributed by atoms with E-state index < -0.39 is 0 Å². The largest absolute Gasteiger partial charge is 0.465 e. The number of nitrogens with one attached hydrogen (secondary N) is 2. The number of aryl methyl sites for hydroxylation is 1. The molecule has 0 aromatic carbocycles. The van der Waals surface area contributed by atoms with E-state index in [1.54, 1.807) is 10.9 Å². The predicted molar refractivity (Wildman–Crippen MR) is 99.3 cm³/mol. The maximum Gasteiger partial charge on any atom is 0.341 e. The first-order valence-corrected chi connectivity index (χ1v) is 8.85. The van der Waals surface area contributed by atoms with Crippen LogP contribution in [-0.2, 0) is 11.3 Å². The highest BCUT2D eigenvalue weighted by Gasteiger charge is 2.20. The molecule has 23 heavy (non-hydrogen) atoms. The van der Waals surface area contributed by atoms with Crippen LogP contribution >= 0.6 is 39.5 Å². The van der Waals surface area contributed by atoms with Gasteiger partial charge >= 0.3 is 5.97 Å². The average Bonchev–Trinajstić information content (AvgIpc) is 3.03. The van der Waals surface area contributed by atoms with Gasteiger partial charge in [-0.05, 0) is 47.6 Å². The van der Waals surface area contributed by atoms with Crippen LogP contribution in [-0.4, -0.2) is 34.5 Å². The van der Waals surface area contributed by atoms with Gasteiger partial charge in [-0.15, -0.1) is 11.3 Å². The summed E-state index contributed by atoms with van der Waals surface area (Å²) in [5.74, 6) is -0.362. The van der Waals surface area contributed by atoms with Crippen molar-refractivity contribution in [3.8, 4) is 0 Å². The molecular weight excluding hydrogens is 400 g/mol. The Morgan fingerprint density at radius 2 is 2.26 bits per heavy atom. The lowest BCUT2D eigenvalue weighted by Crippen LogP contribution is -2.31. The number of rotatable bonds is 5. The average molecular weight is 417 g/mol. The number of methoxy groups -OCH3 is 1. The molecule has 0 spiro atoms. The van der Waals surface area contributed by atoms with Crippen molar-refractivity contribution in [2.24, 2.45) is 0 Å². The summed E-state index contributed by atoms with van der Waals surface area (Å²) in [4.78, 5) is 13.0. The number of thiocarbonyl (C=S) groups is 1. The highest BCUT2D eigenvalue weighted by molar-refractivity contribution is 9.10. The monoisotopic (exact) mass is 416 g/mol. The summed E-state index contributed by atoms with van der Waals surface area (Å²) in [6, 6.07) is 0. The first-order valence-electron chi connectivity index (χ1n) is 6.83. The van der Waals surface area contributed by atoms with Gasteiger partial charge in [-0.1, -0.05) is 0 Å². The summed E-state index contributed by atoms with van der Waals surface area (Å²) >= 11 is 10.1. The number of hydrogen-bond donors (Lipinski definition) is 2. The molecule has 0 saturated carbocycles.